The number of nitrogens with one attached hydrogen (secondary N) is 1. The summed E-state index contributed by atoms with van der Waals surface area (Å²) >= 11 is 5.08. The van der Waals surface area contributed by atoms with Crippen LogP contribution in [0.5, 0.6) is 11.8 Å². The molecule has 2 rings (SSSR count). The molecule has 7 heteroatoms. The van der Waals surface area contributed by atoms with E-state index < -0.39 is 0 Å². The van der Waals surface area contributed by atoms with E-state index in [1.54, 1.807) is 31.6 Å². The van der Waals surface area contributed by atoms with E-state index in [0.29, 0.717) is 24.3 Å². The van der Waals surface area contributed by atoms with Gasteiger partial charge in [-0.2, -0.15) is 9.97 Å². The van der Waals surface area contributed by atoms with Crippen LogP contribution in [-0.4, -0.2) is 24.2 Å². The summed E-state index contributed by atoms with van der Waals surface area (Å²) in [6, 6.07) is 3.68. The molecule has 0 aliphatic heterocycles. The number of halogens is 1. The molecule has 0 amide bonds. The van der Waals surface area contributed by atoms with Crippen molar-refractivity contribution in [2.75, 3.05) is 19.5 Å². The molecule has 96 valence electrons. The number of hydrogen-bond acceptors (Lipinski definition) is 6. The topological polar surface area (TPSA) is 56.3 Å². The quantitative estimate of drug-likeness (QED) is 0.913. The number of rotatable bonds is 5. The van der Waals surface area contributed by atoms with Crippen LogP contribution in [0.1, 0.15) is 4.88 Å². The van der Waals surface area contributed by atoms with Crippen LogP contribution in [0.25, 0.3) is 0 Å². The van der Waals surface area contributed by atoms with E-state index in [0.717, 1.165) is 4.47 Å². The molecule has 0 unspecified atom stereocenters. The second-order valence-corrected chi connectivity index (χ2v) is 5.27. The summed E-state index contributed by atoms with van der Waals surface area (Å²) in [7, 11) is 3.11. The zero-order valence-electron chi connectivity index (χ0n) is 9.94. The van der Waals surface area contributed by atoms with Gasteiger partial charge in [-0.15, -0.1) is 11.3 Å². The Morgan fingerprint density at radius 2 is 1.89 bits per heavy atom. The van der Waals surface area contributed by atoms with E-state index >= 15 is 0 Å². The molecule has 0 saturated carbocycles. The van der Waals surface area contributed by atoms with Crippen LogP contribution in [0.15, 0.2) is 22.0 Å². The molecule has 2 aromatic rings. The molecule has 0 fully saturated rings. The van der Waals surface area contributed by atoms with Crippen molar-refractivity contribution in [1.82, 2.24) is 9.97 Å². The molecule has 5 nitrogen and oxygen atoms in total. The summed E-state index contributed by atoms with van der Waals surface area (Å²) < 4.78 is 11.2. The van der Waals surface area contributed by atoms with Crippen LogP contribution in [0.3, 0.4) is 0 Å². The lowest BCUT2D eigenvalue weighted by Crippen LogP contribution is -2.04. The standard InChI is InChI=1S/C11H12BrN3O2S/c1-16-9-4-10(17-2)15-11(14-9)13-5-8-3-7(12)6-18-8/h3-4,6H,5H2,1-2H3,(H,13,14,15). The number of hydrogen-bond donors (Lipinski definition) is 1. The summed E-state index contributed by atoms with van der Waals surface area (Å²) in [5, 5.41) is 5.16. The van der Waals surface area contributed by atoms with Gasteiger partial charge < -0.3 is 14.8 Å². The maximum Gasteiger partial charge on any atom is 0.229 e. The van der Waals surface area contributed by atoms with Crippen LogP contribution in [0, 0.1) is 0 Å². The summed E-state index contributed by atoms with van der Waals surface area (Å²) in [6.45, 7) is 0.659. The normalized spacial score (nSPS) is 10.2. The maximum absolute atomic E-state index is 5.08. The fourth-order valence-corrected chi connectivity index (χ4v) is 2.70. The van der Waals surface area contributed by atoms with Gasteiger partial charge in [0.15, 0.2) is 0 Å². The number of anilines is 1. The van der Waals surface area contributed by atoms with Gasteiger partial charge in [-0.1, -0.05) is 0 Å². The Morgan fingerprint density at radius 3 is 2.39 bits per heavy atom. The van der Waals surface area contributed by atoms with Crippen LogP contribution >= 0.6 is 27.3 Å². The highest BCUT2D eigenvalue weighted by atomic mass is 79.9. The Hall–Kier alpha value is -1.34. The van der Waals surface area contributed by atoms with E-state index in [-0.39, 0.29) is 0 Å². The first-order valence-corrected chi connectivity index (χ1v) is 6.82. The highest BCUT2D eigenvalue weighted by molar-refractivity contribution is 9.10. The molecule has 0 saturated heterocycles. The van der Waals surface area contributed by atoms with Crippen molar-refractivity contribution in [1.29, 1.82) is 0 Å². The molecule has 0 spiro atoms. The highest BCUT2D eigenvalue weighted by Gasteiger charge is 2.05. The number of methoxy groups -OCH3 is 2. The minimum atomic E-state index is 0.469. The van der Waals surface area contributed by atoms with Crippen LogP contribution in [0.2, 0.25) is 0 Å². The van der Waals surface area contributed by atoms with Gasteiger partial charge in [0.05, 0.1) is 26.8 Å². The van der Waals surface area contributed by atoms with Crippen molar-refractivity contribution >= 4 is 33.2 Å². The van der Waals surface area contributed by atoms with Gasteiger partial charge in [0, 0.05) is 14.7 Å². The molecule has 0 aliphatic rings. The van der Waals surface area contributed by atoms with Crippen molar-refractivity contribution in [3.8, 4) is 11.8 Å². The summed E-state index contributed by atoms with van der Waals surface area (Å²) in [5.41, 5.74) is 0. The third-order valence-corrected chi connectivity index (χ3v) is 3.84. The van der Waals surface area contributed by atoms with Crippen LogP contribution in [-0.2, 0) is 6.54 Å². The first-order valence-electron chi connectivity index (χ1n) is 5.15. The lowest BCUT2D eigenvalue weighted by atomic mass is 10.4. The number of nitrogens with zero attached hydrogens (tertiary/aromatic N) is 2. The Kier molecular flexibility index (Phi) is 4.38. The number of aromatic nitrogens is 2. The van der Waals surface area contributed by atoms with Gasteiger partial charge in [-0.3, -0.25) is 0 Å². The number of ether oxygens (including phenoxy) is 2. The van der Waals surface area contributed by atoms with Gasteiger partial charge in [0.1, 0.15) is 0 Å². The molecule has 0 bridgehead atoms. The summed E-state index contributed by atoms with van der Waals surface area (Å²) in [4.78, 5) is 9.57. The van der Waals surface area contributed by atoms with E-state index in [1.807, 2.05) is 5.38 Å². The average molecular weight is 330 g/mol. The van der Waals surface area contributed by atoms with E-state index in [2.05, 4.69) is 37.3 Å². The Balaban J connectivity index is 2.08. The predicted octanol–water partition coefficient (Wildman–Crippen LogP) is 2.93. The second kappa shape index (κ2) is 6.01. The number of thiophene rings is 1. The SMILES string of the molecule is COc1cc(OC)nc(NCc2cc(Br)cs2)n1. The van der Waals surface area contributed by atoms with Gasteiger partial charge >= 0.3 is 0 Å². The second-order valence-electron chi connectivity index (χ2n) is 3.36. The first-order chi connectivity index (χ1) is 8.71. The molecule has 2 aromatic heterocycles. The van der Waals surface area contributed by atoms with E-state index in [4.69, 9.17) is 9.47 Å². The lowest BCUT2D eigenvalue weighted by molar-refractivity contribution is 0.373. The Labute approximate surface area is 117 Å². The third kappa shape index (κ3) is 3.33. The zero-order valence-corrected chi connectivity index (χ0v) is 12.3. The zero-order chi connectivity index (χ0) is 13.0. The molecule has 0 aliphatic carbocycles. The van der Waals surface area contributed by atoms with Crippen molar-refractivity contribution < 1.29 is 9.47 Å². The molecule has 0 radical (unpaired) electrons. The van der Waals surface area contributed by atoms with E-state index in [9.17, 15) is 0 Å². The Morgan fingerprint density at radius 1 is 1.22 bits per heavy atom. The Bertz CT molecular complexity index is 511. The third-order valence-electron chi connectivity index (χ3n) is 2.14. The molecule has 2 heterocycles. The largest absolute Gasteiger partial charge is 0.481 e. The van der Waals surface area contributed by atoms with Crippen molar-refractivity contribution in [3.05, 3.63) is 26.9 Å². The van der Waals surface area contributed by atoms with Gasteiger partial charge in [0.2, 0.25) is 17.7 Å². The molecule has 1 N–H and O–H groups in total. The lowest BCUT2D eigenvalue weighted by Gasteiger charge is -2.07. The van der Waals surface area contributed by atoms with Crippen LogP contribution < -0.4 is 14.8 Å². The minimum Gasteiger partial charge on any atom is -0.481 e. The molecular formula is C11H12BrN3O2S. The fraction of sp³-hybridized carbons (Fsp3) is 0.273. The van der Waals surface area contributed by atoms with Crippen molar-refractivity contribution in [2.45, 2.75) is 6.54 Å². The fourth-order valence-electron chi connectivity index (χ4n) is 1.30. The van der Waals surface area contributed by atoms with Crippen molar-refractivity contribution in [3.63, 3.8) is 0 Å². The molecule has 18 heavy (non-hydrogen) atoms. The molecule has 0 atom stereocenters. The molecular weight excluding hydrogens is 318 g/mol. The van der Waals surface area contributed by atoms with E-state index in [1.165, 1.54) is 4.88 Å². The maximum atomic E-state index is 5.08. The van der Waals surface area contributed by atoms with Crippen molar-refractivity contribution in [2.24, 2.45) is 0 Å². The van der Waals surface area contributed by atoms with Gasteiger partial charge in [-0.05, 0) is 22.0 Å². The average Bonchev–Trinajstić information content (AvgIpc) is 2.81. The van der Waals surface area contributed by atoms with Gasteiger partial charge in [-0.25, -0.2) is 0 Å². The predicted molar refractivity (Wildman–Crippen MR) is 74.5 cm³/mol. The van der Waals surface area contributed by atoms with Gasteiger partial charge in [0.25, 0.3) is 0 Å². The van der Waals surface area contributed by atoms with Crippen LogP contribution in [0.4, 0.5) is 5.95 Å². The monoisotopic (exact) mass is 329 g/mol. The summed E-state index contributed by atoms with van der Waals surface area (Å²) in [6.07, 6.45) is 0. The summed E-state index contributed by atoms with van der Waals surface area (Å²) in [5.74, 6) is 1.42. The highest BCUT2D eigenvalue weighted by Crippen LogP contribution is 2.21. The minimum absolute atomic E-state index is 0.469. The smallest absolute Gasteiger partial charge is 0.229 e. The first kappa shape index (κ1) is 13.1. The molecule has 0 aromatic carbocycles.